The first-order valence-electron chi connectivity index (χ1n) is 5.30. The van der Waals surface area contributed by atoms with Gasteiger partial charge in [-0.05, 0) is 36.0 Å². The molecule has 0 saturated carbocycles. The van der Waals surface area contributed by atoms with Crippen LogP contribution >= 0.6 is 11.8 Å². The molecule has 3 nitrogen and oxygen atoms in total. The van der Waals surface area contributed by atoms with Gasteiger partial charge in [0.05, 0.1) is 0 Å². The van der Waals surface area contributed by atoms with E-state index >= 15 is 0 Å². The van der Waals surface area contributed by atoms with Crippen LogP contribution in [0.25, 0.3) is 5.65 Å². The monoisotopic (exact) mass is 219 g/mol. The van der Waals surface area contributed by atoms with Crippen LogP contribution in [0.1, 0.15) is 12.2 Å². The normalized spacial score (nSPS) is 21.2. The van der Waals surface area contributed by atoms with Crippen molar-refractivity contribution < 1.29 is 0 Å². The molecule has 15 heavy (non-hydrogen) atoms. The van der Waals surface area contributed by atoms with Gasteiger partial charge in [-0.3, -0.25) is 0 Å². The largest absolute Gasteiger partial charge is 0.221 e. The number of rotatable bonds is 2. The highest BCUT2D eigenvalue weighted by Crippen LogP contribution is 2.25. The van der Waals surface area contributed by atoms with E-state index in [0.29, 0.717) is 0 Å². The molecule has 0 N–H and O–H groups in total. The van der Waals surface area contributed by atoms with E-state index in [-0.39, 0.29) is 0 Å². The summed E-state index contributed by atoms with van der Waals surface area (Å²) in [7, 11) is 0. The van der Waals surface area contributed by atoms with Crippen LogP contribution in [0, 0.1) is 5.92 Å². The maximum Gasteiger partial charge on any atom is 0.155 e. The highest BCUT2D eigenvalue weighted by Gasteiger charge is 2.17. The highest BCUT2D eigenvalue weighted by molar-refractivity contribution is 7.99. The summed E-state index contributed by atoms with van der Waals surface area (Å²) < 4.78 is 1.86. The third kappa shape index (κ3) is 1.86. The quantitative estimate of drug-likeness (QED) is 0.774. The molecule has 1 atom stereocenters. The van der Waals surface area contributed by atoms with Crippen molar-refractivity contribution in [3.8, 4) is 0 Å². The molecule has 0 spiro atoms. The highest BCUT2D eigenvalue weighted by atomic mass is 32.2. The Hall–Kier alpha value is -1.03. The zero-order chi connectivity index (χ0) is 10.1. The van der Waals surface area contributed by atoms with Crippen LogP contribution in [-0.2, 0) is 6.42 Å². The fraction of sp³-hybridized carbons (Fsp3) is 0.455. The van der Waals surface area contributed by atoms with Crippen LogP contribution in [0.2, 0.25) is 0 Å². The van der Waals surface area contributed by atoms with Gasteiger partial charge in [-0.25, -0.2) is 9.50 Å². The Morgan fingerprint density at radius 2 is 2.47 bits per heavy atom. The third-order valence-corrected chi connectivity index (χ3v) is 4.01. The number of hydrogen-bond acceptors (Lipinski definition) is 3. The Morgan fingerprint density at radius 1 is 1.47 bits per heavy atom. The van der Waals surface area contributed by atoms with E-state index in [1.165, 1.54) is 17.9 Å². The fourth-order valence-electron chi connectivity index (χ4n) is 1.97. The molecule has 1 saturated heterocycles. The Kier molecular flexibility index (Phi) is 2.37. The van der Waals surface area contributed by atoms with E-state index in [2.05, 4.69) is 10.1 Å². The minimum absolute atomic E-state index is 0.785. The smallest absolute Gasteiger partial charge is 0.155 e. The van der Waals surface area contributed by atoms with Crippen molar-refractivity contribution in [3.63, 3.8) is 0 Å². The fourth-order valence-corrected chi connectivity index (χ4v) is 3.25. The molecule has 0 aromatic carbocycles. The van der Waals surface area contributed by atoms with Crippen LogP contribution in [0.15, 0.2) is 24.4 Å². The number of thioether (sulfide) groups is 1. The molecular formula is C11H13N3S. The van der Waals surface area contributed by atoms with Crippen LogP contribution in [0.4, 0.5) is 0 Å². The van der Waals surface area contributed by atoms with Gasteiger partial charge < -0.3 is 0 Å². The van der Waals surface area contributed by atoms with Gasteiger partial charge in [0.15, 0.2) is 11.5 Å². The number of nitrogens with zero attached hydrogens (tertiary/aromatic N) is 3. The lowest BCUT2D eigenvalue weighted by Crippen LogP contribution is -2.04. The van der Waals surface area contributed by atoms with E-state index in [9.17, 15) is 0 Å². The van der Waals surface area contributed by atoms with Crippen molar-refractivity contribution in [1.29, 1.82) is 0 Å². The summed E-state index contributed by atoms with van der Waals surface area (Å²) in [4.78, 5) is 4.52. The van der Waals surface area contributed by atoms with E-state index in [4.69, 9.17) is 0 Å². The molecule has 0 radical (unpaired) electrons. The molecule has 0 amide bonds. The van der Waals surface area contributed by atoms with Crippen molar-refractivity contribution in [2.24, 2.45) is 5.92 Å². The molecule has 1 aliphatic rings. The van der Waals surface area contributed by atoms with Gasteiger partial charge in [-0.15, -0.1) is 0 Å². The molecule has 1 unspecified atom stereocenters. The van der Waals surface area contributed by atoms with Crippen molar-refractivity contribution >= 4 is 17.4 Å². The second kappa shape index (κ2) is 3.85. The average Bonchev–Trinajstić information content (AvgIpc) is 2.86. The second-order valence-electron chi connectivity index (χ2n) is 3.97. The summed E-state index contributed by atoms with van der Waals surface area (Å²) in [5, 5.41) is 4.47. The van der Waals surface area contributed by atoms with Crippen molar-refractivity contribution in [3.05, 3.63) is 30.2 Å². The summed E-state index contributed by atoms with van der Waals surface area (Å²) in [5.41, 5.74) is 0.957. The molecule has 1 aliphatic heterocycles. The molecule has 1 fully saturated rings. The lowest BCUT2D eigenvalue weighted by atomic mass is 10.1. The van der Waals surface area contributed by atoms with E-state index in [1.807, 2.05) is 40.7 Å². The van der Waals surface area contributed by atoms with Crippen molar-refractivity contribution in [1.82, 2.24) is 14.6 Å². The van der Waals surface area contributed by atoms with Crippen LogP contribution < -0.4 is 0 Å². The van der Waals surface area contributed by atoms with E-state index in [0.717, 1.165) is 23.8 Å². The zero-order valence-corrected chi connectivity index (χ0v) is 9.28. The first-order chi connectivity index (χ1) is 7.42. The predicted molar refractivity (Wildman–Crippen MR) is 62.1 cm³/mol. The first kappa shape index (κ1) is 9.21. The molecule has 0 bridgehead atoms. The molecule has 2 aromatic heterocycles. The topological polar surface area (TPSA) is 30.2 Å². The summed E-state index contributed by atoms with van der Waals surface area (Å²) >= 11 is 2.05. The van der Waals surface area contributed by atoms with Gasteiger partial charge in [0.1, 0.15) is 0 Å². The number of fused-ring (bicyclic) bond motifs is 1. The summed E-state index contributed by atoms with van der Waals surface area (Å²) in [6.07, 6.45) is 4.31. The standard InChI is InChI=1S/C11H13N3S/c1-2-5-14-11(3-1)12-10(13-14)7-9-4-6-15-8-9/h1-3,5,9H,4,6-8H2. The Labute approximate surface area is 92.9 Å². The van der Waals surface area contributed by atoms with Gasteiger partial charge in [0.25, 0.3) is 0 Å². The maximum atomic E-state index is 4.52. The molecular weight excluding hydrogens is 206 g/mol. The molecule has 0 aliphatic carbocycles. The van der Waals surface area contributed by atoms with Crippen molar-refractivity contribution in [2.75, 3.05) is 11.5 Å². The molecule has 78 valence electrons. The third-order valence-electron chi connectivity index (χ3n) is 2.78. The lowest BCUT2D eigenvalue weighted by Gasteiger charge is -2.02. The van der Waals surface area contributed by atoms with Gasteiger partial charge in [0.2, 0.25) is 0 Å². The zero-order valence-electron chi connectivity index (χ0n) is 8.47. The molecule has 4 heteroatoms. The average molecular weight is 219 g/mol. The minimum atomic E-state index is 0.785. The first-order valence-corrected chi connectivity index (χ1v) is 6.45. The number of aromatic nitrogens is 3. The van der Waals surface area contributed by atoms with Gasteiger partial charge in [0, 0.05) is 12.6 Å². The minimum Gasteiger partial charge on any atom is -0.221 e. The summed E-state index contributed by atoms with van der Waals surface area (Å²) in [6.45, 7) is 0. The predicted octanol–water partition coefficient (Wildman–Crippen LogP) is 2.02. The Bertz CT molecular complexity index is 427. The van der Waals surface area contributed by atoms with Crippen LogP contribution in [0.3, 0.4) is 0 Å². The maximum absolute atomic E-state index is 4.52. The molecule has 3 heterocycles. The lowest BCUT2D eigenvalue weighted by molar-refractivity contribution is 0.575. The van der Waals surface area contributed by atoms with Gasteiger partial charge in [-0.1, -0.05) is 6.07 Å². The molecule has 2 aromatic rings. The Balaban J connectivity index is 1.84. The SMILES string of the molecule is c1ccn2nc(CC3CCSC3)nc2c1. The summed E-state index contributed by atoms with van der Waals surface area (Å²) in [6, 6.07) is 5.98. The summed E-state index contributed by atoms with van der Waals surface area (Å²) in [5.74, 6) is 4.36. The second-order valence-corrected chi connectivity index (χ2v) is 5.12. The van der Waals surface area contributed by atoms with E-state index < -0.39 is 0 Å². The van der Waals surface area contributed by atoms with Crippen LogP contribution in [0.5, 0.6) is 0 Å². The molecule has 3 rings (SSSR count). The van der Waals surface area contributed by atoms with Crippen molar-refractivity contribution in [2.45, 2.75) is 12.8 Å². The number of pyridine rings is 1. The Morgan fingerprint density at radius 3 is 3.27 bits per heavy atom. The van der Waals surface area contributed by atoms with E-state index in [1.54, 1.807) is 0 Å². The van der Waals surface area contributed by atoms with Gasteiger partial charge in [-0.2, -0.15) is 16.9 Å². The number of hydrogen-bond donors (Lipinski definition) is 0. The van der Waals surface area contributed by atoms with Gasteiger partial charge >= 0.3 is 0 Å². The van der Waals surface area contributed by atoms with Crippen LogP contribution in [-0.4, -0.2) is 26.1 Å².